The van der Waals surface area contributed by atoms with Crippen molar-refractivity contribution in [1.29, 1.82) is 0 Å². The lowest BCUT2D eigenvalue weighted by Crippen LogP contribution is -2.55. The molecule has 32 heavy (non-hydrogen) atoms. The molecular weight excluding hydrogens is 450 g/mol. The van der Waals surface area contributed by atoms with Gasteiger partial charge < -0.3 is 0 Å². The number of hydrogen-bond donors (Lipinski definition) is 0. The summed E-state index contributed by atoms with van der Waals surface area (Å²) in [6.07, 6.45) is 5.52. The third kappa shape index (κ3) is 5.54. The van der Waals surface area contributed by atoms with Crippen LogP contribution in [0.5, 0.6) is 0 Å². The van der Waals surface area contributed by atoms with Crippen LogP contribution in [0.4, 0.5) is 0 Å². The van der Waals surface area contributed by atoms with Gasteiger partial charge in [0, 0.05) is 37.0 Å². The quantitative estimate of drug-likeness (QED) is 0.376. The molecule has 0 unspecified atom stereocenters. The summed E-state index contributed by atoms with van der Waals surface area (Å²) in [6, 6.07) is -0.326. The van der Waals surface area contributed by atoms with Gasteiger partial charge in [-0.1, -0.05) is 40.5 Å². The number of piperazine rings is 1. The molecule has 3 aliphatic heterocycles. The Balaban J connectivity index is 1.72. The first-order chi connectivity index (χ1) is 15.2. The van der Waals surface area contributed by atoms with E-state index >= 15 is 0 Å². The second-order valence-corrected chi connectivity index (χ2v) is 13.5. The van der Waals surface area contributed by atoms with Crippen LogP contribution < -0.4 is 0 Å². The van der Waals surface area contributed by atoms with Crippen LogP contribution in [0.15, 0.2) is 0 Å². The van der Waals surface area contributed by atoms with Crippen LogP contribution in [-0.2, 0) is 27.2 Å². The third-order valence-electron chi connectivity index (χ3n) is 7.24. The van der Waals surface area contributed by atoms with Crippen LogP contribution in [0.25, 0.3) is 0 Å². The summed E-state index contributed by atoms with van der Waals surface area (Å²) in [7, 11) is -6.82. The van der Waals surface area contributed by atoms with Crippen LogP contribution in [0.3, 0.4) is 0 Å². The van der Waals surface area contributed by atoms with Gasteiger partial charge in [0.05, 0.1) is 25.4 Å². The van der Waals surface area contributed by atoms with Gasteiger partial charge in [0.1, 0.15) is 0 Å². The molecule has 3 aliphatic rings. The van der Waals surface area contributed by atoms with E-state index in [4.69, 9.17) is 18.1 Å². The molecule has 0 N–H and O–H groups in total. The van der Waals surface area contributed by atoms with Crippen LogP contribution in [0.1, 0.15) is 80.1 Å². The van der Waals surface area contributed by atoms with E-state index in [0.29, 0.717) is 26.3 Å². The molecule has 8 atom stereocenters. The van der Waals surface area contributed by atoms with E-state index in [1.165, 1.54) is 0 Å². The first-order valence-corrected chi connectivity index (χ1v) is 15.6. The Morgan fingerprint density at radius 3 is 1.41 bits per heavy atom. The lowest BCUT2D eigenvalue weighted by molar-refractivity contribution is -0.0274. The molecule has 0 saturated carbocycles. The van der Waals surface area contributed by atoms with Crippen molar-refractivity contribution in [2.24, 2.45) is 11.8 Å². The highest BCUT2D eigenvalue weighted by atomic mass is 31.2. The van der Waals surface area contributed by atoms with Crippen molar-refractivity contribution in [3.05, 3.63) is 0 Å². The molecule has 0 spiro atoms. The van der Waals surface area contributed by atoms with Gasteiger partial charge in [-0.15, -0.1) is 0 Å². The van der Waals surface area contributed by atoms with E-state index in [-0.39, 0.29) is 36.1 Å². The summed E-state index contributed by atoms with van der Waals surface area (Å²) in [5, 5.41) is 0. The Bertz CT molecular complexity index is 652. The molecule has 3 heterocycles. The first-order valence-electron chi connectivity index (χ1n) is 12.6. The standard InChI is InChI=1S/C22H44N2O6P2/c1-7-11-21-19(9-3)15-27-31(25,29-21)23-13-18(6)24(14-17(23)5)32(26)28-16-20(10-4)22(30-32)12-8-2/h17-22H,7-16H2,1-6H3/t17-,18+,19-,20-,21-,22-,31-,32-/m0/s1. The average Bonchev–Trinajstić information content (AvgIpc) is 2.76. The maximum atomic E-state index is 13.8. The molecule has 0 aromatic carbocycles. The summed E-state index contributed by atoms with van der Waals surface area (Å²) < 4.78 is 55.5. The predicted molar refractivity (Wildman–Crippen MR) is 127 cm³/mol. The molecule has 0 radical (unpaired) electrons. The van der Waals surface area contributed by atoms with Crippen molar-refractivity contribution in [1.82, 2.24) is 9.34 Å². The van der Waals surface area contributed by atoms with Gasteiger partial charge >= 0.3 is 15.5 Å². The van der Waals surface area contributed by atoms with Crippen LogP contribution in [-0.4, -0.2) is 59.9 Å². The molecule has 0 aromatic rings. The Labute approximate surface area is 194 Å². The fourth-order valence-electron chi connectivity index (χ4n) is 5.12. The largest absolute Gasteiger partial charge is 0.408 e. The fraction of sp³-hybridized carbons (Fsp3) is 1.00. The smallest absolute Gasteiger partial charge is 0.296 e. The molecule has 10 heteroatoms. The highest BCUT2D eigenvalue weighted by molar-refractivity contribution is 7.52. The van der Waals surface area contributed by atoms with Gasteiger partial charge in [-0.3, -0.25) is 18.1 Å². The zero-order valence-electron chi connectivity index (χ0n) is 20.8. The second-order valence-electron chi connectivity index (χ2n) is 9.67. The molecule has 3 fully saturated rings. The summed E-state index contributed by atoms with van der Waals surface area (Å²) in [4.78, 5) is 0. The molecule has 188 valence electrons. The monoisotopic (exact) mass is 494 g/mol. The van der Waals surface area contributed by atoms with Crippen molar-refractivity contribution in [2.45, 2.75) is 104 Å². The highest BCUT2D eigenvalue weighted by Crippen LogP contribution is 2.63. The van der Waals surface area contributed by atoms with Crippen molar-refractivity contribution >= 4 is 15.5 Å². The Hall–Kier alpha value is 0.220. The molecule has 3 rings (SSSR count). The summed E-state index contributed by atoms with van der Waals surface area (Å²) in [5.74, 6) is 0.542. The van der Waals surface area contributed by atoms with Crippen LogP contribution >= 0.6 is 15.5 Å². The minimum absolute atomic E-state index is 0.0470. The molecule has 0 aliphatic carbocycles. The highest BCUT2D eigenvalue weighted by Gasteiger charge is 2.52. The number of nitrogens with zero attached hydrogens (tertiary/aromatic N) is 2. The van der Waals surface area contributed by atoms with Crippen LogP contribution in [0, 0.1) is 11.8 Å². The van der Waals surface area contributed by atoms with Gasteiger partial charge in [-0.25, -0.2) is 18.5 Å². The Kier molecular flexibility index (Phi) is 9.47. The summed E-state index contributed by atoms with van der Waals surface area (Å²) in [6.45, 7) is 14.2. The molecule has 0 amide bonds. The Morgan fingerprint density at radius 1 is 0.719 bits per heavy atom. The topological polar surface area (TPSA) is 77.5 Å². The number of hydrogen-bond acceptors (Lipinski definition) is 6. The summed E-state index contributed by atoms with van der Waals surface area (Å²) in [5.41, 5.74) is 0. The molecule has 0 aromatic heterocycles. The molecule has 3 saturated heterocycles. The van der Waals surface area contributed by atoms with E-state index in [1.54, 1.807) is 0 Å². The van der Waals surface area contributed by atoms with Gasteiger partial charge in [0.2, 0.25) is 0 Å². The normalized spacial score (nSPS) is 44.6. The van der Waals surface area contributed by atoms with E-state index in [9.17, 15) is 9.13 Å². The minimum atomic E-state index is -3.41. The first kappa shape index (κ1) is 26.8. The van der Waals surface area contributed by atoms with E-state index in [2.05, 4.69) is 27.7 Å². The average molecular weight is 495 g/mol. The molecule has 0 bridgehead atoms. The SMILES string of the molecule is CCC[C@@H]1O[P@](=O)(N2C[C@H](C)N([P@]3(=O)OC[C@H](CC)[C@H](CCC)O3)C[C@H]2C)OC[C@@H]1CC. The van der Waals surface area contributed by atoms with Crippen LogP contribution in [0.2, 0.25) is 0 Å². The minimum Gasteiger partial charge on any atom is -0.296 e. The summed E-state index contributed by atoms with van der Waals surface area (Å²) >= 11 is 0. The van der Waals surface area contributed by atoms with Gasteiger partial charge in [-0.2, -0.15) is 0 Å². The lowest BCUT2D eigenvalue weighted by Gasteiger charge is -2.50. The van der Waals surface area contributed by atoms with Crippen molar-refractivity contribution < 1.29 is 27.2 Å². The van der Waals surface area contributed by atoms with Crippen molar-refractivity contribution in [3.8, 4) is 0 Å². The maximum absolute atomic E-state index is 13.8. The maximum Gasteiger partial charge on any atom is 0.408 e. The van der Waals surface area contributed by atoms with E-state index in [1.807, 2.05) is 23.2 Å². The van der Waals surface area contributed by atoms with Crippen molar-refractivity contribution in [2.75, 3.05) is 26.3 Å². The third-order valence-corrected chi connectivity index (χ3v) is 11.6. The zero-order valence-corrected chi connectivity index (χ0v) is 22.6. The van der Waals surface area contributed by atoms with E-state index in [0.717, 1.165) is 38.5 Å². The van der Waals surface area contributed by atoms with Gasteiger partial charge in [0.15, 0.2) is 0 Å². The molecular formula is C22H44N2O6P2. The van der Waals surface area contributed by atoms with Gasteiger partial charge in [0.25, 0.3) is 0 Å². The Morgan fingerprint density at radius 2 is 1.09 bits per heavy atom. The van der Waals surface area contributed by atoms with Gasteiger partial charge in [-0.05, 0) is 39.5 Å². The fourth-order valence-corrected chi connectivity index (χ4v) is 9.76. The second kappa shape index (κ2) is 11.3. The number of rotatable bonds is 8. The zero-order chi connectivity index (χ0) is 23.5. The predicted octanol–water partition coefficient (Wildman–Crippen LogP) is 6.08. The molecule has 8 nitrogen and oxygen atoms in total. The lowest BCUT2D eigenvalue weighted by atomic mass is 9.97. The van der Waals surface area contributed by atoms with Crippen molar-refractivity contribution in [3.63, 3.8) is 0 Å². The van der Waals surface area contributed by atoms with E-state index < -0.39 is 15.5 Å².